The van der Waals surface area contributed by atoms with Crippen LogP contribution in [0.5, 0.6) is 0 Å². The highest BCUT2D eigenvalue weighted by molar-refractivity contribution is 7.15. The molecule has 2 rings (SSSR count). The molecule has 0 N–H and O–H groups in total. The number of hydrogen-bond donors (Lipinski definition) is 0. The fourth-order valence-electron chi connectivity index (χ4n) is 1.44. The van der Waals surface area contributed by atoms with Crippen LogP contribution in [0, 0.1) is 12.7 Å². The van der Waals surface area contributed by atoms with Gasteiger partial charge in [0, 0.05) is 10.4 Å². The third-order valence-electron chi connectivity index (χ3n) is 2.34. The maximum atomic E-state index is 13.1. The monoisotopic (exact) mass is 285 g/mol. The average molecular weight is 286 g/mol. The molecule has 0 aliphatic heterocycles. The lowest BCUT2D eigenvalue weighted by Gasteiger charge is -1.98. The summed E-state index contributed by atoms with van der Waals surface area (Å²) in [5.74, 6) is -0.968. The van der Waals surface area contributed by atoms with Gasteiger partial charge in [0.15, 0.2) is 5.69 Å². The van der Waals surface area contributed by atoms with Crippen LogP contribution in [0.1, 0.15) is 15.4 Å². The summed E-state index contributed by atoms with van der Waals surface area (Å²) in [5, 5.41) is 0.634. The van der Waals surface area contributed by atoms with E-state index < -0.39 is 11.8 Å². The van der Waals surface area contributed by atoms with Crippen LogP contribution in [0.4, 0.5) is 4.39 Å². The Morgan fingerprint density at radius 3 is 2.83 bits per heavy atom. The molecule has 3 nitrogen and oxygen atoms in total. The number of carbonyl (C=O) groups is 1. The quantitative estimate of drug-likeness (QED) is 0.790. The molecule has 0 atom stereocenters. The van der Waals surface area contributed by atoms with Crippen molar-refractivity contribution in [2.45, 2.75) is 6.92 Å². The largest absolute Gasteiger partial charge is 0.464 e. The molecule has 0 spiro atoms. The number of ether oxygens (including phenoxy) is 1. The lowest BCUT2D eigenvalue weighted by molar-refractivity contribution is 0.0594. The molecule has 0 saturated carbocycles. The summed E-state index contributed by atoms with van der Waals surface area (Å²) in [7, 11) is 1.30. The second-order valence-electron chi connectivity index (χ2n) is 3.54. The van der Waals surface area contributed by atoms with Crippen LogP contribution in [0.2, 0.25) is 5.02 Å². The molecule has 1 aromatic carbocycles. The molecule has 0 aliphatic rings. The summed E-state index contributed by atoms with van der Waals surface area (Å²) in [6.07, 6.45) is 0. The van der Waals surface area contributed by atoms with Crippen molar-refractivity contribution in [3.63, 3.8) is 0 Å². The molecule has 2 aromatic rings. The van der Waals surface area contributed by atoms with Crippen molar-refractivity contribution < 1.29 is 13.9 Å². The van der Waals surface area contributed by atoms with Crippen molar-refractivity contribution >= 4 is 28.9 Å². The van der Waals surface area contributed by atoms with E-state index in [9.17, 15) is 9.18 Å². The van der Waals surface area contributed by atoms with Crippen LogP contribution >= 0.6 is 22.9 Å². The SMILES string of the molecule is COC(=O)c1nc(-c2ccc(F)c(Cl)c2)sc1C. The van der Waals surface area contributed by atoms with Crippen molar-refractivity contribution in [2.75, 3.05) is 7.11 Å². The van der Waals surface area contributed by atoms with Crippen molar-refractivity contribution in [2.24, 2.45) is 0 Å². The number of benzene rings is 1. The van der Waals surface area contributed by atoms with Gasteiger partial charge in [-0.2, -0.15) is 0 Å². The summed E-state index contributed by atoms with van der Waals surface area (Å²) in [6, 6.07) is 4.32. The zero-order valence-corrected chi connectivity index (χ0v) is 11.2. The number of aromatic nitrogens is 1. The van der Waals surface area contributed by atoms with Crippen LogP contribution < -0.4 is 0 Å². The Balaban J connectivity index is 2.45. The second-order valence-corrected chi connectivity index (χ2v) is 5.15. The van der Waals surface area contributed by atoms with Gasteiger partial charge < -0.3 is 4.74 Å². The van der Waals surface area contributed by atoms with Crippen molar-refractivity contribution in [3.05, 3.63) is 39.6 Å². The van der Waals surface area contributed by atoms with E-state index in [1.807, 2.05) is 0 Å². The number of rotatable bonds is 2. The third kappa shape index (κ3) is 2.37. The Bertz CT molecular complexity index is 612. The van der Waals surface area contributed by atoms with Gasteiger partial charge in [-0.25, -0.2) is 14.2 Å². The van der Waals surface area contributed by atoms with Crippen molar-refractivity contribution in [3.8, 4) is 10.6 Å². The van der Waals surface area contributed by atoms with Gasteiger partial charge >= 0.3 is 5.97 Å². The van der Waals surface area contributed by atoms with E-state index in [2.05, 4.69) is 9.72 Å². The molecule has 18 heavy (non-hydrogen) atoms. The molecular weight excluding hydrogens is 277 g/mol. The highest BCUT2D eigenvalue weighted by Crippen LogP contribution is 2.30. The topological polar surface area (TPSA) is 39.2 Å². The fraction of sp³-hybridized carbons (Fsp3) is 0.167. The molecule has 0 saturated heterocycles. The van der Waals surface area contributed by atoms with Gasteiger partial charge in [-0.3, -0.25) is 0 Å². The first-order chi connectivity index (χ1) is 8.52. The van der Waals surface area contributed by atoms with E-state index in [1.54, 1.807) is 13.0 Å². The summed E-state index contributed by atoms with van der Waals surface area (Å²) in [6.45, 7) is 1.78. The van der Waals surface area contributed by atoms with Gasteiger partial charge in [0.05, 0.1) is 12.1 Å². The predicted molar refractivity (Wildman–Crippen MR) is 68.6 cm³/mol. The standard InChI is InChI=1S/C12H9ClFNO2S/c1-6-10(12(16)17-2)15-11(18-6)7-3-4-9(14)8(13)5-7/h3-5H,1-2H3. The molecule has 0 radical (unpaired) electrons. The van der Waals surface area contributed by atoms with Gasteiger partial charge in [0.2, 0.25) is 0 Å². The Kier molecular flexibility index (Phi) is 3.63. The third-order valence-corrected chi connectivity index (χ3v) is 3.65. The zero-order valence-electron chi connectivity index (χ0n) is 9.66. The molecule has 0 unspecified atom stereocenters. The van der Waals surface area contributed by atoms with E-state index in [1.165, 1.54) is 30.6 Å². The number of thiazole rings is 1. The van der Waals surface area contributed by atoms with Crippen LogP contribution in [-0.2, 0) is 4.74 Å². The van der Waals surface area contributed by atoms with Crippen molar-refractivity contribution in [1.29, 1.82) is 0 Å². The Morgan fingerprint density at radius 2 is 2.22 bits per heavy atom. The summed E-state index contributed by atoms with van der Waals surface area (Å²) >= 11 is 7.04. The normalized spacial score (nSPS) is 10.4. The smallest absolute Gasteiger partial charge is 0.357 e. The van der Waals surface area contributed by atoms with Crippen LogP contribution in [0.3, 0.4) is 0 Å². The van der Waals surface area contributed by atoms with Crippen LogP contribution in [0.15, 0.2) is 18.2 Å². The van der Waals surface area contributed by atoms with E-state index in [0.717, 1.165) is 4.88 Å². The molecular formula is C12H9ClFNO2S. The molecule has 0 fully saturated rings. The first kappa shape index (κ1) is 13.0. The zero-order chi connectivity index (χ0) is 13.3. The lowest BCUT2D eigenvalue weighted by Crippen LogP contribution is -2.03. The number of carbonyl (C=O) groups excluding carboxylic acids is 1. The summed E-state index contributed by atoms with van der Waals surface area (Å²) < 4.78 is 17.7. The minimum Gasteiger partial charge on any atom is -0.464 e. The molecule has 94 valence electrons. The number of nitrogens with zero attached hydrogens (tertiary/aromatic N) is 1. The van der Waals surface area contributed by atoms with E-state index in [-0.39, 0.29) is 10.7 Å². The highest BCUT2D eigenvalue weighted by atomic mass is 35.5. The maximum absolute atomic E-state index is 13.1. The molecule has 0 bridgehead atoms. The fourth-order valence-corrected chi connectivity index (χ4v) is 2.51. The van der Waals surface area contributed by atoms with Gasteiger partial charge in [0.25, 0.3) is 0 Å². The minimum absolute atomic E-state index is 0.0278. The number of aryl methyl sites for hydroxylation is 1. The number of esters is 1. The number of halogens is 2. The Morgan fingerprint density at radius 1 is 1.50 bits per heavy atom. The first-order valence-corrected chi connectivity index (χ1v) is 6.23. The predicted octanol–water partition coefficient (Wildman–Crippen LogP) is 3.70. The summed E-state index contributed by atoms with van der Waals surface area (Å²) in [4.78, 5) is 16.4. The van der Waals surface area contributed by atoms with Crippen molar-refractivity contribution in [1.82, 2.24) is 4.98 Å². The number of methoxy groups -OCH3 is 1. The first-order valence-electron chi connectivity index (χ1n) is 5.04. The minimum atomic E-state index is -0.484. The second kappa shape index (κ2) is 5.04. The Hall–Kier alpha value is -1.46. The maximum Gasteiger partial charge on any atom is 0.357 e. The van der Waals surface area contributed by atoms with E-state index >= 15 is 0 Å². The molecule has 6 heteroatoms. The van der Waals surface area contributed by atoms with Crippen LogP contribution in [0.25, 0.3) is 10.6 Å². The van der Waals surface area contributed by atoms with Gasteiger partial charge in [-0.1, -0.05) is 11.6 Å². The highest BCUT2D eigenvalue weighted by Gasteiger charge is 2.17. The lowest BCUT2D eigenvalue weighted by atomic mass is 10.2. The van der Waals surface area contributed by atoms with Gasteiger partial charge in [-0.05, 0) is 25.1 Å². The summed E-state index contributed by atoms with van der Waals surface area (Å²) in [5.41, 5.74) is 0.947. The number of hydrogen-bond acceptors (Lipinski definition) is 4. The van der Waals surface area contributed by atoms with E-state index in [0.29, 0.717) is 10.6 Å². The van der Waals surface area contributed by atoms with Gasteiger partial charge in [-0.15, -0.1) is 11.3 Å². The van der Waals surface area contributed by atoms with E-state index in [4.69, 9.17) is 11.6 Å². The van der Waals surface area contributed by atoms with Crippen LogP contribution in [-0.4, -0.2) is 18.1 Å². The molecule has 0 aliphatic carbocycles. The molecule has 0 amide bonds. The Labute approximate surface area is 112 Å². The van der Waals surface area contributed by atoms with Gasteiger partial charge in [0.1, 0.15) is 10.8 Å². The molecule has 1 aromatic heterocycles. The molecule has 1 heterocycles. The average Bonchev–Trinajstić information content (AvgIpc) is 2.74.